The highest BCUT2D eigenvalue weighted by Crippen LogP contribution is 2.21. The van der Waals surface area contributed by atoms with Gasteiger partial charge in [0.05, 0.1) is 7.11 Å². The summed E-state index contributed by atoms with van der Waals surface area (Å²) in [5.74, 6) is -0.449. The fourth-order valence-electron chi connectivity index (χ4n) is 1.52. The number of hydrogen-bond acceptors (Lipinski definition) is 2. The Labute approximate surface area is 120 Å². The van der Waals surface area contributed by atoms with E-state index in [1.165, 1.54) is 19.2 Å². The third kappa shape index (κ3) is 3.57. The zero-order chi connectivity index (χ0) is 13.7. The molecule has 1 aromatic carbocycles. The molecule has 100 valence electrons. The van der Waals surface area contributed by atoms with Crippen LogP contribution in [-0.2, 0) is 0 Å². The second-order valence-electron chi connectivity index (χ2n) is 4.30. The van der Waals surface area contributed by atoms with Gasteiger partial charge in [-0.3, -0.25) is 4.79 Å². The molecule has 0 aliphatic rings. The van der Waals surface area contributed by atoms with E-state index in [-0.39, 0.29) is 17.4 Å². The molecule has 5 heteroatoms. The molecular weight excluding hydrogens is 348 g/mol. The van der Waals surface area contributed by atoms with Gasteiger partial charge in [-0.15, -0.1) is 0 Å². The van der Waals surface area contributed by atoms with Crippen molar-refractivity contribution in [3.63, 3.8) is 0 Å². The van der Waals surface area contributed by atoms with Crippen molar-refractivity contribution in [1.82, 2.24) is 5.32 Å². The largest absolute Gasteiger partial charge is 0.496 e. The van der Waals surface area contributed by atoms with Crippen LogP contribution in [0.4, 0.5) is 4.39 Å². The van der Waals surface area contributed by atoms with Crippen LogP contribution in [0.1, 0.15) is 24.2 Å². The van der Waals surface area contributed by atoms with E-state index in [1.807, 2.05) is 13.8 Å². The summed E-state index contributed by atoms with van der Waals surface area (Å²) < 4.78 is 19.5. The summed E-state index contributed by atoms with van der Waals surface area (Å²) in [6.45, 7) is 4.03. The molecule has 1 amide bonds. The van der Waals surface area contributed by atoms with Crippen molar-refractivity contribution in [2.24, 2.45) is 5.92 Å². The zero-order valence-corrected chi connectivity index (χ0v) is 12.8. The summed E-state index contributed by atoms with van der Waals surface area (Å²) in [4.78, 5) is 12.1. The molecule has 1 atom stereocenters. The first-order chi connectivity index (χ1) is 8.51. The lowest BCUT2D eigenvalue weighted by Gasteiger charge is -2.20. The summed E-state index contributed by atoms with van der Waals surface area (Å²) in [7, 11) is 1.42. The van der Waals surface area contributed by atoms with Gasteiger partial charge in [0.2, 0.25) is 0 Å². The molecule has 1 unspecified atom stereocenters. The molecule has 0 saturated carbocycles. The molecule has 0 bridgehead atoms. The van der Waals surface area contributed by atoms with Gasteiger partial charge >= 0.3 is 0 Å². The van der Waals surface area contributed by atoms with E-state index in [2.05, 4.69) is 27.9 Å². The summed E-state index contributed by atoms with van der Waals surface area (Å²) in [5.41, 5.74) is -0.0319. The van der Waals surface area contributed by atoms with E-state index in [1.54, 1.807) is 6.07 Å². The highest BCUT2D eigenvalue weighted by molar-refractivity contribution is 14.1. The summed E-state index contributed by atoms with van der Waals surface area (Å²) >= 11 is 2.20. The molecule has 1 rings (SSSR count). The highest BCUT2D eigenvalue weighted by atomic mass is 127. The molecule has 0 spiro atoms. The number of carbonyl (C=O) groups is 1. The average molecular weight is 365 g/mol. The van der Waals surface area contributed by atoms with Crippen molar-refractivity contribution in [3.8, 4) is 5.75 Å². The minimum Gasteiger partial charge on any atom is -0.496 e. The number of benzene rings is 1. The number of carbonyl (C=O) groups excluding carboxylic acids is 1. The van der Waals surface area contributed by atoms with Gasteiger partial charge in [0.15, 0.2) is 0 Å². The Morgan fingerprint density at radius 3 is 2.67 bits per heavy atom. The standard InChI is InChI=1S/C13H17FINO2/c1-8(2)10(7-15)16-13(17)12-9(14)5-4-6-11(12)18-3/h4-6,8,10H,7H2,1-3H3,(H,16,17). The third-order valence-corrected chi connectivity index (χ3v) is 3.66. The van der Waals surface area contributed by atoms with Crippen molar-refractivity contribution < 1.29 is 13.9 Å². The predicted octanol–water partition coefficient (Wildman–Crippen LogP) is 3.02. The van der Waals surface area contributed by atoms with E-state index in [0.29, 0.717) is 5.92 Å². The van der Waals surface area contributed by atoms with E-state index in [9.17, 15) is 9.18 Å². The van der Waals surface area contributed by atoms with Gasteiger partial charge in [0.25, 0.3) is 5.91 Å². The number of nitrogens with one attached hydrogen (secondary N) is 1. The lowest BCUT2D eigenvalue weighted by molar-refractivity contribution is 0.0924. The summed E-state index contributed by atoms with van der Waals surface area (Å²) in [6.07, 6.45) is 0. The summed E-state index contributed by atoms with van der Waals surface area (Å²) in [5, 5.41) is 2.83. The Bertz CT molecular complexity index is 423. The molecule has 3 nitrogen and oxygen atoms in total. The second kappa shape index (κ2) is 6.92. The van der Waals surface area contributed by atoms with Gasteiger partial charge in [-0.2, -0.15) is 0 Å². The Hall–Kier alpha value is -0.850. The number of alkyl halides is 1. The molecule has 0 saturated heterocycles. The smallest absolute Gasteiger partial charge is 0.258 e. The second-order valence-corrected chi connectivity index (χ2v) is 5.18. The maximum absolute atomic E-state index is 13.7. The van der Waals surface area contributed by atoms with Crippen LogP contribution in [0.15, 0.2) is 18.2 Å². The van der Waals surface area contributed by atoms with Crippen LogP contribution in [0.25, 0.3) is 0 Å². The Kier molecular flexibility index (Phi) is 5.84. The molecule has 0 aromatic heterocycles. The van der Waals surface area contributed by atoms with E-state index in [4.69, 9.17) is 4.74 Å². The third-order valence-electron chi connectivity index (χ3n) is 2.71. The van der Waals surface area contributed by atoms with Gasteiger partial charge in [-0.1, -0.05) is 42.5 Å². The monoisotopic (exact) mass is 365 g/mol. The molecule has 0 fully saturated rings. The van der Waals surface area contributed by atoms with Gasteiger partial charge in [-0.25, -0.2) is 4.39 Å². The van der Waals surface area contributed by atoms with Crippen LogP contribution in [-0.4, -0.2) is 23.5 Å². The molecule has 1 N–H and O–H groups in total. The maximum Gasteiger partial charge on any atom is 0.258 e. The molecule has 1 aromatic rings. The number of amides is 1. The van der Waals surface area contributed by atoms with Gasteiger partial charge in [0.1, 0.15) is 17.1 Å². The number of ether oxygens (including phenoxy) is 1. The Balaban J connectivity index is 2.97. The van der Waals surface area contributed by atoms with Gasteiger partial charge in [-0.05, 0) is 18.1 Å². The average Bonchev–Trinajstić information content (AvgIpc) is 2.34. The number of rotatable bonds is 5. The molecule has 0 aliphatic carbocycles. The maximum atomic E-state index is 13.7. The number of hydrogen-bond donors (Lipinski definition) is 1. The number of halogens is 2. The fraction of sp³-hybridized carbons (Fsp3) is 0.462. The first-order valence-corrected chi connectivity index (χ1v) is 7.23. The minimum absolute atomic E-state index is 0.0161. The van der Waals surface area contributed by atoms with E-state index in [0.717, 1.165) is 4.43 Å². The molecular formula is C13H17FINO2. The van der Waals surface area contributed by atoms with Crippen molar-refractivity contribution in [3.05, 3.63) is 29.6 Å². The van der Waals surface area contributed by atoms with Crippen LogP contribution in [0, 0.1) is 11.7 Å². The van der Waals surface area contributed by atoms with E-state index >= 15 is 0 Å². The van der Waals surface area contributed by atoms with Crippen LogP contribution in [0.2, 0.25) is 0 Å². The lowest BCUT2D eigenvalue weighted by Crippen LogP contribution is -2.40. The highest BCUT2D eigenvalue weighted by Gasteiger charge is 2.21. The van der Waals surface area contributed by atoms with Gasteiger partial charge in [0, 0.05) is 10.5 Å². The predicted molar refractivity (Wildman–Crippen MR) is 77.9 cm³/mol. The molecule has 18 heavy (non-hydrogen) atoms. The molecule has 0 radical (unpaired) electrons. The van der Waals surface area contributed by atoms with Crippen LogP contribution >= 0.6 is 22.6 Å². The molecule has 0 aliphatic heterocycles. The first kappa shape index (κ1) is 15.2. The van der Waals surface area contributed by atoms with Crippen LogP contribution in [0.5, 0.6) is 5.75 Å². The Morgan fingerprint density at radius 2 is 2.17 bits per heavy atom. The Morgan fingerprint density at radius 1 is 1.50 bits per heavy atom. The normalized spacial score (nSPS) is 12.3. The van der Waals surface area contributed by atoms with Crippen LogP contribution < -0.4 is 10.1 Å². The zero-order valence-electron chi connectivity index (χ0n) is 10.7. The lowest BCUT2D eigenvalue weighted by atomic mass is 10.1. The topological polar surface area (TPSA) is 38.3 Å². The van der Waals surface area contributed by atoms with Crippen LogP contribution in [0.3, 0.4) is 0 Å². The van der Waals surface area contributed by atoms with Crippen molar-refractivity contribution in [1.29, 1.82) is 0 Å². The van der Waals surface area contributed by atoms with Gasteiger partial charge < -0.3 is 10.1 Å². The fourth-order valence-corrected chi connectivity index (χ4v) is 2.76. The number of methoxy groups -OCH3 is 1. The molecule has 0 heterocycles. The SMILES string of the molecule is COc1cccc(F)c1C(=O)NC(CI)C(C)C. The van der Waals surface area contributed by atoms with Crippen molar-refractivity contribution in [2.45, 2.75) is 19.9 Å². The minimum atomic E-state index is -0.567. The van der Waals surface area contributed by atoms with E-state index < -0.39 is 11.7 Å². The van der Waals surface area contributed by atoms with Crippen molar-refractivity contribution >= 4 is 28.5 Å². The first-order valence-electron chi connectivity index (χ1n) is 5.70. The summed E-state index contributed by atoms with van der Waals surface area (Å²) in [6, 6.07) is 4.36. The van der Waals surface area contributed by atoms with Crippen molar-refractivity contribution in [2.75, 3.05) is 11.5 Å². The quantitative estimate of drug-likeness (QED) is 0.644.